The molecule has 2 rings (SSSR count). The number of aromatic nitrogens is 2. The highest BCUT2D eigenvalue weighted by Crippen LogP contribution is 2.15. The highest BCUT2D eigenvalue weighted by Gasteiger charge is 2.07. The Hall–Kier alpha value is -2.81. The molecular weight excluding hydrogens is 266 g/mol. The van der Waals surface area contributed by atoms with Gasteiger partial charge in [-0.1, -0.05) is 13.3 Å². The summed E-state index contributed by atoms with van der Waals surface area (Å²) < 4.78 is 0. The number of anilines is 1. The van der Waals surface area contributed by atoms with Crippen LogP contribution in [0, 0.1) is 11.3 Å². The molecule has 0 fully saturated rings. The Bertz CT molecular complexity index is 695. The summed E-state index contributed by atoms with van der Waals surface area (Å²) in [6, 6.07) is 7.45. The van der Waals surface area contributed by atoms with Crippen molar-refractivity contribution in [2.24, 2.45) is 0 Å². The molecule has 0 spiro atoms. The smallest absolute Gasteiger partial charge is 0.263 e. The molecule has 1 amide bonds. The van der Waals surface area contributed by atoms with Crippen LogP contribution in [0.3, 0.4) is 0 Å². The Morgan fingerprint density at radius 3 is 3.14 bits per heavy atom. The fourth-order valence-electron chi connectivity index (χ4n) is 1.80. The molecule has 3 N–H and O–H groups in total. The molecule has 0 aliphatic rings. The Morgan fingerprint density at radius 2 is 2.38 bits per heavy atom. The van der Waals surface area contributed by atoms with Crippen LogP contribution in [0.2, 0.25) is 0 Å². The number of carbonyl (C=O) groups is 1. The van der Waals surface area contributed by atoms with Gasteiger partial charge in [-0.15, -0.1) is 0 Å². The molecule has 6 heteroatoms. The lowest BCUT2D eigenvalue weighted by atomic mass is 10.2. The summed E-state index contributed by atoms with van der Waals surface area (Å²) in [5.74, 6) is -0.360. The van der Waals surface area contributed by atoms with E-state index in [9.17, 15) is 4.79 Å². The minimum atomic E-state index is -0.360. The quantitative estimate of drug-likeness (QED) is 0.431. The molecule has 0 saturated carbocycles. The van der Waals surface area contributed by atoms with Gasteiger partial charge in [0.25, 0.3) is 5.91 Å². The number of nitrogens with zero attached hydrogens (tertiary/aromatic N) is 2. The fraction of sp³-hybridized carbons (Fsp3) is 0.267. The Morgan fingerprint density at radius 1 is 1.52 bits per heavy atom. The summed E-state index contributed by atoms with van der Waals surface area (Å²) in [6.45, 7) is 2.62. The van der Waals surface area contributed by atoms with E-state index in [4.69, 9.17) is 5.26 Å². The van der Waals surface area contributed by atoms with Gasteiger partial charge in [0.2, 0.25) is 0 Å². The topological polar surface area (TPSA) is 93.6 Å². The zero-order valence-corrected chi connectivity index (χ0v) is 11.8. The summed E-state index contributed by atoms with van der Waals surface area (Å²) in [5, 5.41) is 14.7. The number of hydrogen-bond donors (Lipinski definition) is 3. The summed E-state index contributed by atoms with van der Waals surface area (Å²) >= 11 is 0. The van der Waals surface area contributed by atoms with E-state index in [0.717, 1.165) is 29.6 Å². The molecule has 0 bridgehead atoms. The van der Waals surface area contributed by atoms with Gasteiger partial charge in [0.05, 0.1) is 17.4 Å². The zero-order valence-electron chi connectivity index (χ0n) is 11.8. The molecule has 0 unspecified atom stereocenters. The van der Waals surface area contributed by atoms with E-state index in [2.05, 4.69) is 20.6 Å². The van der Waals surface area contributed by atoms with Crippen LogP contribution in [0.25, 0.3) is 11.0 Å². The average Bonchev–Trinajstić information content (AvgIpc) is 2.95. The lowest BCUT2D eigenvalue weighted by molar-refractivity contribution is -0.117. The number of imidazole rings is 1. The van der Waals surface area contributed by atoms with Crippen molar-refractivity contribution in [1.82, 2.24) is 15.3 Å². The van der Waals surface area contributed by atoms with Crippen molar-refractivity contribution in [3.05, 3.63) is 36.3 Å². The second-order valence-electron chi connectivity index (χ2n) is 4.56. The van der Waals surface area contributed by atoms with Crippen molar-refractivity contribution in [2.75, 3.05) is 11.9 Å². The Kier molecular flexibility index (Phi) is 4.94. The zero-order chi connectivity index (χ0) is 15.1. The second kappa shape index (κ2) is 7.10. The first-order valence-corrected chi connectivity index (χ1v) is 6.82. The lowest BCUT2D eigenvalue weighted by Gasteiger charge is -2.04. The van der Waals surface area contributed by atoms with Gasteiger partial charge in [-0.2, -0.15) is 5.26 Å². The molecule has 0 saturated heterocycles. The number of rotatable bonds is 6. The minimum Gasteiger partial charge on any atom is -0.360 e. The highest BCUT2D eigenvalue weighted by molar-refractivity contribution is 5.97. The van der Waals surface area contributed by atoms with Crippen molar-refractivity contribution in [3.63, 3.8) is 0 Å². The third kappa shape index (κ3) is 3.83. The van der Waals surface area contributed by atoms with Crippen LogP contribution >= 0.6 is 0 Å². The highest BCUT2D eigenvalue weighted by atomic mass is 16.1. The predicted octanol–water partition coefficient (Wildman–Crippen LogP) is 2.30. The first-order chi connectivity index (χ1) is 10.2. The summed E-state index contributed by atoms with van der Waals surface area (Å²) in [6.07, 6.45) is 4.92. The number of nitrogens with one attached hydrogen (secondary N) is 3. The van der Waals surface area contributed by atoms with Crippen molar-refractivity contribution in [2.45, 2.75) is 19.8 Å². The number of benzene rings is 1. The van der Waals surface area contributed by atoms with E-state index in [1.54, 1.807) is 6.33 Å². The van der Waals surface area contributed by atoms with E-state index in [1.165, 1.54) is 6.20 Å². The molecule has 21 heavy (non-hydrogen) atoms. The second-order valence-corrected chi connectivity index (χ2v) is 4.56. The third-order valence-electron chi connectivity index (χ3n) is 2.98. The van der Waals surface area contributed by atoms with Gasteiger partial charge in [-0.3, -0.25) is 4.79 Å². The third-order valence-corrected chi connectivity index (χ3v) is 2.98. The summed E-state index contributed by atoms with van der Waals surface area (Å²) in [4.78, 5) is 18.9. The van der Waals surface area contributed by atoms with Crippen molar-refractivity contribution < 1.29 is 4.79 Å². The van der Waals surface area contributed by atoms with Crippen molar-refractivity contribution in [3.8, 4) is 6.07 Å². The maximum absolute atomic E-state index is 11.8. The first-order valence-electron chi connectivity index (χ1n) is 6.82. The first kappa shape index (κ1) is 14.6. The molecule has 1 heterocycles. The van der Waals surface area contributed by atoms with Crippen LogP contribution in [-0.2, 0) is 4.79 Å². The molecular formula is C15H17N5O. The SMILES string of the molecule is CCCCNC(=O)/C(C#N)=C\Nc1ccc2nc[nH]c2c1. The van der Waals surface area contributed by atoms with E-state index in [-0.39, 0.29) is 11.5 Å². The molecule has 0 aliphatic carbocycles. The molecule has 1 aromatic heterocycles. The molecule has 0 atom stereocenters. The van der Waals surface area contributed by atoms with Gasteiger partial charge in [0.15, 0.2) is 0 Å². The molecule has 6 nitrogen and oxygen atoms in total. The van der Waals surface area contributed by atoms with Crippen molar-refractivity contribution >= 4 is 22.6 Å². The summed E-state index contributed by atoms with van der Waals surface area (Å²) in [7, 11) is 0. The standard InChI is InChI=1S/C15H17N5O/c1-2-3-6-17-15(21)11(8-16)9-18-12-4-5-13-14(7-12)20-10-19-13/h4-5,7,9-10,18H,2-3,6H2,1H3,(H,17,21)(H,19,20)/b11-9-. The van der Waals surface area contributed by atoms with Crippen LogP contribution in [-0.4, -0.2) is 22.4 Å². The van der Waals surface area contributed by atoms with E-state index < -0.39 is 0 Å². The van der Waals surface area contributed by atoms with Gasteiger partial charge in [-0.05, 0) is 24.6 Å². The average molecular weight is 283 g/mol. The molecule has 0 aliphatic heterocycles. The van der Waals surface area contributed by atoms with Gasteiger partial charge >= 0.3 is 0 Å². The molecule has 108 valence electrons. The molecule has 0 radical (unpaired) electrons. The maximum Gasteiger partial charge on any atom is 0.263 e. The number of aromatic amines is 1. The fourth-order valence-corrected chi connectivity index (χ4v) is 1.80. The van der Waals surface area contributed by atoms with Gasteiger partial charge in [0.1, 0.15) is 11.6 Å². The number of nitriles is 1. The number of H-pyrrole nitrogens is 1. The molecule has 1 aromatic carbocycles. The largest absolute Gasteiger partial charge is 0.360 e. The van der Waals surface area contributed by atoms with Gasteiger partial charge < -0.3 is 15.6 Å². The van der Waals surface area contributed by atoms with E-state index in [0.29, 0.717) is 6.54 Å². The van der Waals surface area contributed by atoms with Crippen LogP contribution in [0.1, 0.15) is 19.8 Å². The summed E-state index contributed by atoms with van der Waals surface area (Å²) in [5.41, 5.74) is 2.58. The number of fused-ring (bicyclic) bond motifs is 1. The van der Waals surface area contributed by atoms with Crippen LogP contribution in [0.5, 0.6) is 0 Å². The van der Waals surface area contributed by atoms with E-state index in [1.807, 2.05) is 31.2 Å². The predicted molar refractivity (Wildman–Crippen MR) is 81.3 cm³/mol. The lowest BCUT2D eigenvalue weighted by Crippen LogP contribution is -2.25. The number of amides is 1. The van der Waals surface area contributed by atoms with Crippen LogP contribution < -0.4 is 10.6 Å². The Labute approximate surface area is 122 Å². The van der Waals surface area contributed by atoms with Crippen molar-refractivity contribution in [1.29, 1.82) is 5.26 Å². The van der Waals surface area contributed by atoms with Crippen LogP contribution in [0.4, 0.5) is 5.69 Å². The number of carbonyl (C=O) groups excluding carboxylic acids is 1. The Balaban J connectivity index is 2.03. The van der Waals surface area contributed by atoms with E-state index >= 15 is 0 Å². The van der Waals surface area contributed by atoms with Crippen LogP contribution in [0.15, 0.2) is 36.3 Å². The van der Waals surface area contributed by atoms with Gasteiger partial charge in [-0.25, -0.2) is 4.98 Å². The maximum atomic E-state index is 11.8. The number of hydrogen-bond acceptors (Lipinski definition) is 4. The van der Waals surface area contributed by atoms with Gasteiger partial charge in [0, 0.05) is 18.4 Å². The minimum absolute atomic E-state index is 0.0517. The normalized spacial score (nSPS) is 11.1. The molecule has 2 aromatic rings. The monoisotopic (exact) mass is 283 g/mol. The number of unbranched alkanes of at least 4 members (excludes halogenated alkanes) is 1.